The zero-order valence-corrected chi connectivity index (χ0v) is 19.4. The minimum Gasteiger partial charge on any atom is -0.493 e. The van der Waals surface area contributed by atoms with Gasteiger partial charge < -0.3 is 15.4 Å². The molecule has 4 aromatic rings. The zero-order chi connectivity index (χ0) is 23.8. The molecule has 1 heterocycles. The van der Waals surface area contributed by atoms with Crippen molar-refractivity contribution in [3.63, 3.8) is 0 Å². The number of para-hydroxylation sites is 1. The van der Waals surface area contributed by atoms with Crippen LogP contribution < -0.4 is 15.4 Å². The van der Waals surface area contributed by atoms with Gasteiger partial charge in [-0.2, -0.15) is 0 Å². The highest BCUT2D eigenvalue weighted by Crippen LogP contribution is 2.24. The fraction of sp³-hybridized carbons (Fsp3) is 0.179. The molecule has 0 saturated heterocycles. The summed E-state index contributed by atoms with van der Waals surface area (Å²) in [5, 5.41) is 6.28. The molecular weight excluding hydrogens is 424 g/mol. The topological polar surface area (TPSA) is 76.1 Å². The van der Waals surface area contributed by atoms with E-state index in [9.17, 15) is 4.79 Å². The quantitative estimate of drug-likeness (QED) is 0.291. The minimum absolute atomic E-state index is 0.0465. The molecule has 0 saturated carbocycles. The van der Waals surface area contributed by atoms with Gasteiger partial charge in [-0.3, -0.25) is 4.79 Å². The third-order valence-corrected chi connectivity index (χ3v) is 5.23. The van der Waals surface area contributed by atoms with Crippen LogP contribution in [0.15, 0.2) is 84.9 Å². The van der Waals surface area contributed by atoms with Crippen molar-refractivity contribution in [3.05, 3.63) is 96.3 Å². The van der Waals surface area contributed by atoms with E-state index in [1.54, 1.807) is 0 Å². The lowest BCUT2D eigenvalue weighted by Crippen LogP contribution is -2.13. The second-order valence-electron chi connectivity index (χ2n) is 8.02. The summed E-state index contributed by atoms with van der Waals surface area (Å²) in [6.45, 7) is 4.38. The van der Waals surface area contributed by atoms with E-state index in [0.717, 1.165) is 33.9 Å². The Morgan fingerprint density at radius 2 is 1.62 bits per heavy atom. The number of nitrogens with zero attached hydrogens (tertiary/aromatic N) is 2. The number of rotatable bonds is 9. The Balaban J connectivity index is 1.33. The molecule has 6 heteroatoms. The van der Waals surface area contributed by atoms with Gasteiger partial charge in [-0.25, -0.2) is 9.97 Å². The Kier molecular flexibility index (Phi) is 7.50. The van der Waals surface area contributed by atoms with Crippen molar-refractivity contribution >= 4 is 23.1 Å². The van der Waals surface area contributed by atoms with Gasteiger partial charge in [0.05, 0.1) is 12.3 Å². The van der Waals surface area contributed by atoms with Crippen molar-refractivity contribution in [2.75, 3.05) is 17.2 Å². The SMILES string of the molecule is Cc1nc(Nc2cccc(NC(=O)CCCOc3ccccc3C)c2)cc(-c2ccccc2)n1. The fourth-order valence-electron chi connectivity index (χ4n) is 3.57. The molecule has 0 aliphatic heterocycles. The van der Waals surface area contributed by atoms with Crippen molar-refractivity contribution in [2.24, 2.45) is 0 Å². The largest absolute Gasteiger partial charge is 0.493 e. The molecule has 3 aromatic carbocycles. The number of nitrogens with one attached hydrogen (secondary N) is 2. The molecular formula is C28H28N4O2. The molecule has 0 radical (unpaired) electrons. The van der Waals surface area contributed by atoms with Crippen LogP contribution in [0.5, 0.6) is 5.75 Å². The summed E-state index contributed by atoms with van der Waals surface area (Å²) in [6.07, 6.45) is 1.02. The number of carbonyl (C=O) groups is 1. The molecule has 0 fully saturated rings. The summed E-state index contributed by atoms with van der Waals surface area (Å²) < 4.78 is 5.77. The first-order valence-electron chi connectivity index (χ1n) is 11.3. The van der Waals surface area contributed by atoms with E-state index in [1.807, 2.05) is 98.8 Å². The zero-order valence-electron chi connectivity index (χ0n) is 19.4. The summed E-state index contributed by atoms with van der Waals surface area (Å²) in [5.41, 5.74) is 4.53. The van der Waals surface area contributed by atoms with Crippen molar-refractivity contribution in [1.29, 1.82) is 0 Å². The fourth-order valence-corrected chi connectivity index (χ4v) is 3.57. The molecule has 34 heavy (non-hydrogen) atoms. The van der Waals surface area contributed by atoms with Gasteiger partial charge in [0.15, 0.2) is 0 Å². The standard InChI is InChI=1S/C28H28N4O2/c1-20-10-6-7-15-26(20)34-17-9-16-28(33)32-24-14-8-13-23(18-24)31-27-19-25(29-21(2)30-27)22-11-4-3-5-12-22/h3-8,10-15,18-19H,9,16-17H2,1-2H3,(H,32,33)(H,29,30,31). The molecule has 0 spiro atoms. The van der Waals surface area contributed by atoms with E-state index in [0.29, 0.717) is 31.1 Å². The number of aryl methyl sites for hydroxylation is 2. The highest BCUT2D eigenvalue weighted by atomic mass is 16.5. The van der Waals surface area contributed by atoms with Crippen molar-refractivity contribution in [3.8, 4) is 17.0 Å². The molecule has 1 amide bonds. The summed E-state index contributed by atoms with van der Waals surface area (Å²) in [4.78, 5) is 21.4. The lowest BCUT2D eigenvalue weighted by atomic mass is 10.1. The number of anilines is 3. The summed E-state index contributed by atoms with van der Waals surface area (Å²) in [5.74, 6) is 2.19. The van der Waals surface area contributed by atoms with Crippen LogP contribution in [0.4, 0.5) is 17.2 Å². The van der Waals surface area contributed by atoms with Crippen molar-refractivity contribution in [2.45, 2.75) is 26.7 Å². The molecule has 4 rings (SSSR count). The van der Waals surface area contributed by atoms with E-state index in [2.05, 4.69) is 20.6 Å². The predicted octanol–water partition coefficient (Wildman–Crippen LogP) is 6.30. The van der Waals surface area contributed by atoms with Crippen LogP contribution in [0.1, 0.15) is 24.2 Å². The van der Waals surface area contributed by atoms with E-state index >= 15 is 0 Å². The first-order chi connectivity index (χ1) is 16.6. The maximum absolute atomic E-state index is 12.4. The van der Waals surface area contributed by atoms with Gasteiger partial charge >= 0.3 is 0 Å². The molecule has 0 bridgehead atoms. The van der Waals surface area contributed by atoms with E-state index < -0.39 is 0 Å². The van der Waals surface area contributed by atoms with Crippen LogP contribution in [0.25, 0.3) is 11.3 Å². The maximum atomic E-state index is 12.4. The molecule has 0 aliphatic carbocycles. The second-order valence-corrected chi connectivity index (χ2v) is 8.02. The van der Waals surface area contributed by atoms with Crippen LogP contribution in [0.3, 0.4) is 0 Å². The monoisotopic (exact) mass is 452 g/mol. The van der Waals surface area contributed by atoms with Gasteiger partial charge in [-0.05, 0) is 50.1 Å². The Labute approximate surface area is 200 Å². The van der Waals surface area contributed by atoms with Gasteiger partial charge in [0, 0.05) is 29.4 Å². The molecule has 0 unspecified atom stereocenters. The van der Waals surface area contributed by atoms with Crippen molar-refractivity contribution in [1.82, 2.24) is 9.97 Å². The average molecular weight is 453 g/mol. The average Bonchev–Trinajstić information content (AvgIpc) is 2.83. The number of aromatic nitrogens is 2. The van der Waals surface area contributed by atoms with Crippen LogP contribution in [0, 0.1) is 13.8 Å². The Morgan fingerprint density at radius 3 is 2.44 bits per heavy atom. The summed E-state index contributed by atoms with van der Waals surface area (Å²) in [6, 6.07) is 27.4. The molecule has 6 nitrogen and oxygen atoms in total. The van der Waals surface area contributed by atoms with Gasteiger partial charge in [0.25, 0.3) is 0 Å². The molecule has 172 valence electrons. The lowest BCUT2D eigenvalue weighted by molar-refractivity contribution is -0.116. The van der Waals surface area contributed by atoms with Crippen LogP contribution in [-0.4, -0.2) is 22.5 Å². The number of amides is 1. The highest BCUT2D eigenvalue weighted by molar-refractivity contribution is 5.91. The Bertz CT molecular complexity index is 1260. The molecule has 2 N–H and O–H groups in total. The third kappa shape index (κ3) is 6.42. The third-order valence-electron chi connectivity index (χ3n) is 5.23. The smallest absolute Gasteiger partial charge is 0.224 e. The number of ether oxygens (including phenoxy) is 1. The minimum atomic E-state index is -0.0465. The first kappa shape index (κ1) is 23.0. The first-order valence-corrected chi connectivity index (χ1v) is 11.3. The number of hydrogen-bond donors (Lipinski definition) is 2. The van der Waals surface area contributed by atoms with Crippen molar-refractivity contribution < 1.29 is 9.53 Å². The summed E-state index contributed by atoms with van der Waals surface area (Å²) >= 11 is 0. The van der Waals surface area contributed by atoms with Gasteiger partial charge in [0.2, 0.25) is 5.91 Å². The van der Waals surface area contributed by atoms with E-state index in [-0.39, 0.29) is 5.91 Å². The van der Waals surface area contributed by atoms with Gasteiger partial charge in [-0.1, -0.05) is 54.6 Å². The number of carbonyl (C=O) groups excluding carboxylic acids is 1. The normalized spacial score (nSPS) is 10.5. The number of hydrogen-bond acceptors (Lipinski definition) is 5. The van der Waals surface area contributed by atoms with Crippen LogP contribution in [0.2, 0.25) is 0 Å². The van der Waals surface area contributed by atoms with Gasteiger partial charge in [-0.15, -0.1) is 0 Å². The molecule has 0 aliphatic rings. The van der Waals surface area contributed by atoms with Gasteiger partial charge in [0.1, 0.15) is 17.4 Å². The van der Waals surface area contributed by atoms with Crippen LogP contribution >= 0.6 is 0 Å². The Morgan fingerprint density at radius 1 is 0.853 bits per heavy atom. The highest BCUT2D eigenvalue weighted by Gasteiger charge is 2.07. The summed E-state index contributed by atoms with van der Waals surface area (Å²) in [7, 11) is 0. The molecule has 1 aromatic heterocycles. The number of benzene rings is 3. The lowest BCUT2D eigenvalue weighted by Gasteiger charge is -2.11. The van der Waals surface area contributed by atoms with E-state index in [4.69, 9.17) is 4.74 Å². The predicted molar refractivity (Wildman–Crippen MR) is 136 cm³/mol. The Hall–Kier alpha value is -4.19. The van der Waals surface area contributed by atoms with E-state index in [1.165, 1.54) is 0 Å². The molecule has 0 atom stereocenters. The van der Waals surface area contributed by atoms with Crippen LogP contribution in [-0.2, 0) is 4.79 Å². The second kappa shape index (κ2) is 11.1. The maximum Gasteiger partial charge on any atom is 0.224 e.